The molecule has 0 spiro atoms. The fourth-order valence-corrected chi connectivity index (χ4v) is 3.05. The molecule has 0 fully saturated rings. The van der Waals surface area contributed by atoms with Crippen LogP contribution in [0.2, 0.25) is 0 Å². The molecule has 0 radical (unpaired) electrons. The van der Waals surface area contributed by atoms with E-state index < -0.39 is 32.7 Å². The fourth-order valence-electron chi connectivity index (χ4n) is 1.94. The number of sulfonamides is 1. The maximum atomic E-state index is 13.5. The average molecular weight is 327 g/mol. The van der Waals surface area contributed by atoms with Gasteiger partial charge in [-0.15, -0.1) is 0 Å². The SMILES string of the molecule is O=S(=O)(NCCC(O)c1ccccc1)c1ccc(F)cc1F. The van der Waals surface area contributed by atoms with Crippen molar-refractivity contribution >= 4 is 10.0 Å². The Morgan fingerprint density at radius 3 is 2.41 bits per heavy atom. The van der Waals surface area contributed by atoms with E-state index in [0.29, 0.717) is 11.6 Å². The van der Waals surface area contributed by atoms with Crippen LogP contribution in [0.1, 0.15) is 18.1 Å². The number of hydrogen-bond donors (Lipinski definition) is 2. The molecule has 0 aliphatic heterocycles. The molecule has 0 aromatic heterocycles. The maximum Gasteiger partial charge on any atom is 0.243 e. The number of halogens is 2. The van der Waals surface area contributed by atoms with Crippen molar-refractivity contribution in [2.45, 2.75) is 17.4 Å². The van der Waals surface area contributed by atoms with Crippen molar-refractivity contribution in [1.82, 2.24) is 4.72 Å². The number of hydrogen-bond acceptors (Lipinski definition) is 3. The number of aliphatic hydroxyl groups is 1. The van der Waals surface area contributed by atoms with Gasteiger partial charge in [-0.05, 0) is 24.1 Å². The molecule has 1 atom stereocenters. The first-order chi connectivity index (χ1) is 10.4. The second kappa shape index (κ2) is 6.95. The zero-order valence-electron chi connectivity index (χ0n) is 11.5. The Kier molecular flexibility index (Phi) is 5.23. The molecule has 0 saturated carbocycles. The molecule has 118 valence electrons. The summed E-state index contributed by atoms with van der Waals surface area (Å²) in [5, 5.41) is 9.92. The van der Waals surface area contributed by atoms with Gasteiger partial charge in [-0.1, -0.05) is 30.3 Å². The molecule has 1 unspecified atom stereocenters. The van der Waals surface area contributed by atoms with E-state index in [1.165, 1.54) is 0 Å². The molecule has 2 aromatic rings. The van der Waals surface area contributed by atoms with Crippen molar-refractivity contribution in [3.8, 4) is 0 Å². The van der Waals surface area contributed by atoms with Crippen molar-refractivity contribution in [1.29, 1.82) is 0 Å². The third-order valence-electron chi connectivity index (χ3n) is 3.08. The van der Waals surface area contributed by atoms with Crippen LogP contribution < -0.4 is 4.72 Å². The minimum absolute atomic E-state index is 0.0742. The van der Waals surface area contributed by atoms with E-state index in [1.54, 1.807) is 30.3 Å². The van der Waals surface area contributed by atoms with Gasteiger partial charge in [0.15, 0.2) is 0 Å². The van der Waals surface area contributed by atoms with Gasteiger partial charge in [-0.25, -0.2) is 21.9 Å². The maximum absolute atomic E-state index is 13.5. The molecule has 0 aliphatic carbocycles. The van der Waals surface area contributed by atoms with E-state index >= 15 is 0 Å². The second-order valence-electron chi connectivity index (χ2n) is 4.69. The molecular formula is C15H15F2NO3S. The summed E-state index contributed by atoms with van der Waals surface area (Å²) in [6, 6.07) is 11.0. The Morgan fingerprint density at radius 2 is 1.77 bits per heavy atom. The summed E-state index contributed by atoms with van der Waals surface area (Å²) in [5.41, 5.74) is 0.662. The van der Waals surface area contributed by atoms with Gasteiger partial charge in [0.1, 0.15) is 16.5 Å². The van der Waals surface area contributed by atoms with Gasteiger partial charge in [-0.2, -0.15) is 0 Å². The van der Waals surface area contributed by atoms with Crippen LogP contribution in [0.15, 0.2) is 53.4 Å². The highest BCUT2D eigenvalue weighted by molar-refractivity contribution is 7.89. The van der Waals surface area contributed by atoms with E-state index in [-0.39, 0.29) is 13.0 Å². The van der Waals surface area contributed by atoms with E-state index in [9.17, 15) is 22.3 Å². The molecule has 0 bridgehead atoms. The largest absolute Gasteiger partial charge is 0.388 e. The van der Waals surface area contributed by atoms with E-state index in [1.807, 2.05) is 0 Å². The molecule has 0 saturated heterocycles. The Labute approximate surface area is 127 Å². The van der Waals surface area contributed by atoms with Gasteiger partial charge < -0.3 is 5.11 Å². The number of benzene rings is 2. The number of nitrogens with one attached hydrogen (secondary N) is 1. The summed E-state index contributed by atoms with van der Waals surface area (Å²) in [4.78, 5) is -0.622. The predicted molar refractivity (Wildman–Crippen MR) is 77.6 cm³/mol. The highest BCUT2D eigenvalue weighted by Crippen LogP contribution is 2.17. The topological polar surface area (TPSA) is 66.4 Å². The minimum atomic E-state index is -4.09. The lowest BCUT2D eigenvalue weighted by Crippen LogP contribution is -2.26. The van der Waals surface area contributed by atoms with Crippen molar-refractivity contribution in [3.63, 3.8) is 0 Å². The first-order valence-corrected chi connectivity index (χ1v) is 8.06. The van der Waals surface area contributed by atoms with Crippen molar-refractivity contribution < 1.29 is 22.3 Å². The van der Waals surface area contributed by atoms with Crippen LogP contribution in [0.3, 0.4) is 0 Å². The molecule has 0 aliphatic rings. The van der Waals surface area contributed by atoms with Crippen molar-refractivity contribution in [2.24, 2.45) is 0 Å². The lowest BCUT2D eigenvalue weighted by atomic mass is 10.1. The van der Waals surface area contributed by atoms with Crippen LogP contribution in [0.4, 0.5) is 8.78 Å². The summed E-state index contributed by atoms with van der Waals surface area (Å²) in [6.07, 6.45) is -0.701. The Hall–Kier alpha value is -1.83. The van der Waals surface area contributed by atoms with Gasteiger partial charge in [0.25, 0.3) is 0 Å². The zero-order valence-corrected chi connectivity index (χ0v) is 12.4. The zero-order chi connectivity index (χ0) is 16.2. The molecule has 0 amide bonds. The van der Waals surface area contributed by atoms with Gasteiger partial charge in [0.2, 0.25) is 10.0 Å². The average Bonchev–Trinajstić information content (AvgIpc) is 2.47. The molecule has 4 nitrogen and oxygen atoms in total. The van der Waals surface area contributed by atoms with Crippen LogP contribution in [0.25, 0.3) is 0 Å². The Morgan fingerprint density at radius 1 is 1.09 bits per heavy atom. The highest BCUT2D eigenvalue weighted by atomic mass is 32.2. The van der Waals surface area contributed by atoms with Crippen LogP contribution in [0.5, 0.6) is 0 Å². The van der Waals surface area contributed by atoms with Crippen LogP contribution in [-0.4, -0.2) is 20.1 Å². The third-order valence-corrected chi connectivity index (χ3v) is 4.57. The second-order valence-corrected chi connectivity index (χ2v) is 6.42. The molecule has 2 rings (SSSR count). The van der Waals surface area contributed by atoms with Crippen molar-refractivity contribution in [3.05, 3.63) is 65.7 Å². The summed E-state index contributed by atoms with van der Waals surface area (Å²) >= 11 is 0. The summed E-state index contributed by atoms with van der Waals surface area (Å²) in [7, 11) is -4.09. The monoisotopic (exact) mass is 327 g/mol. The first kappa shape index (κ1) is 16.5. The molecular weight excluding hydrogens is 312 g/mol. The number of aliphatic hydroxyl groups excluding tert-OH is 1. The van der Waals surface area contributed by atoms with E-state index in [0.717, 1.165) is 12.1 Å². The predicted octanol–water partition coefficient (Wildman–Crippen LogP) is 2.37. The molecule has 22 heavy (non-hydrogen) atoms. The molecule has 2 aromatic carbocycles. The van der Waals surface area contributed by atoms with Crippen molar-refractivity contribution in [2.75, 3.05) is 6.54 Å². The van der Waals surface area contributed by atoms with Gasteiger partial charge in [-0.3, -0.25) is 0 Å². The molecule has 7 heteroatoms. The smallest absolute Gasteiger partial charge is 0.243 e. The summed E-state index contributed by atoms with van der Waals surface area (Å²) in [5.74, 6) is -2.01. The fraction of sp³-hybridized carbons (Fsp3) is 0.200. The van der Waals surface area contributed by atoms with Crippen LogP contribution in [0, 0.1) is 11.6 Å². The normalized spacial score (nSPS) is 13.0. The quantitative estimate of drug-likeness (QED) is 0.856. The van der Waals surface area contributed by atoms with Gasteiger partial charge in [0, 0.05) is 12.6 Å². The highest BCUT2D eigenvalue weighted by Gasteiger charge is 2.19. The number of rotatable bonds is 6. The van der Waals surface area contributed by atoms with E-state index in [2.05, 4.69) is 4.72 Å². The van der Waals surface area contributed by atoms with Crippen LogP contribution in [-0.2, 0) is 10.0 Å². The summed E-state index contributed by atoms with van der Waals surface area (Å²) in [6.45, 7) is -0.0742. The molecule has 0 heterocycles. The van der Waals surface area contributed by atoms with Crippen LogP contribution >= 0.6 is 0 Å². The molecule has 2 N–H and O–H groups in total. The van der Waals surface area contributed by atoms with Gasteiger partial charge in [0.05, 0.1) is 6.10 Å². The third kappa shape index (κ3) is 4.09. The lowest BCUT2D eigenvalue weighted by Gasteiger charge is -2.12. The minimum Gasteiger partial charge on any atom is -0.388 e. The van der Waals surface area contributed by atoms with Gasteiger partial charge >= 0.3 is 0 Å². The standard InChI is InChI=1S/C15H15F2NO3S/c16-12-6-7-15(13(17)10-12)22(20,21)18-9-8-14(19)11-4-2-1-3-5-11/h1-7,10,14,18-19H,8-9H2. The Bertz CT molecular complexity index is 736. The lowest BCUT2D eigenvalue weighted by molar-refractivity contribution is 0.169. The Balaban J connectivity index is 1.98. The van der Waals surface area contributed by atoms with E-state index in [4.69, 9.17) is 0 Å². The first-order valence-electron chi connectivity index (χ1n) is 6.58. The summed E-state index contributed by atoms with van der Waals surface area (Å²) < 4.78 is 52.3.